The van der Waals surface area contributed by atoms with Crippen molar-refractivity contribution in [3.05, 3.63) is 53.5 Å². The number of carbonyl (C=O) groups excluding carboxylic acids is 1. The Morgan fingerprint density at radius 1 is 1.20 bits per heavy atom. The molecule has 20 heavy (non-hydrogen) atoms. The van der Waals surface area contributed by atoms with Crippen molar-refractivity contribution in [2.75, 3.05) is 21.3 Å². The second kappa shape index (κ2) is 6.25. The molecule has 1 atom stereocenters. The van der Waals surface area contributed by atoms with Gasteiger partial charge in [-0.3, -0.25) is 0 Å². The zero-order chi connectivity index (χ0) is 14.5. The third-order valence-corrected chi connectivity index (χ3v) is 3.04. The summed E-state index contributed by atoms with van der Waals surface area (Å²) in [6.45, 7) is 0. The second-order valence-corrected chi connectivity index (χ2v) is 4.16. The van der Waals surface area contributed by atoms with Gasteiger partial charge in [0.1, 0.15) is 11.5 Å². The van der Waals surface area contributed by atoms with Gasteiger partial charge in [0.15, 0.2) is 0 Å². The molecular weight excluding hydrogens is 258 g/mol. The minimum absolute atomic E-state index is 0.178. The van der Waals surface area contributed by atoms with E-state index in [1.807, 2.05) is 31.3 Å². The number of esters is 1. The Bertz CT molecular complexity index is 591. The first kappa shape index (κ1) is 14.1. The number of benzene rings is 1. The van der Waals surface area contributed by atoms with Gasteiger partial charge in [-0.2, -0.15) is 0 Å². The van der Waals surface area contributed by atoms with Crippen LogP contribution in [0.5, 0.6) is 5.75 Å². The smallest absolute Gasteiger partial charge is 0.373 e. The Hall–Kier alpha value is -2.27. The molecule has 5 nitrogen and oxygen atoms in total. The molecule has 0 amide bonds. The van der Waals surface area contributed by atoms with Crippen molar-refractivity contribution in [3.63, 3.8) is 0 Å². The third kappa shape index (κ3) is 2.67. The molecule has 0 aliphatic heterocycles. The number of hydrogen-bond acceptors (Lipinski definition) is 5. The lowest BCUT2D eigenvalue weighted by molar-refractivity contribution is 0.0562. The minimum Gasteiger partial charge on any atom is -0.496 e. The average Bonchev–Trinajstić information content (AvgIpc) is 2.97. The minimum atomic E-state index is -0.494. The number of hydrogen-bond donors (Lipinski definition) is 1. The van der Waals surface area contributed by atoms with E-state index in [9.17, 15) is 4.79 Å². The van der Waals surface area contributed by atoms with E-state index in [0.29, 0.717) is 5.76 Å². The SMILES string of the molecule is CNC(c1ccc(C(=O)OC)o1)c1ccccc1OC. The number of rotatable bonds is 5. The number of methoxy groups -OCH3 is 2. The maximum atomic E-state index is 11.4. The van der Waals surface area contributed by atoms with E-state index in [1.165, 1.54) is 7.11 Å². The van der Waals surface area contributed by atoms with Gasteiger partial charge in [0.2, 0.25) is 5.76 Å². The van der Waals surface area contributed by atoms with Crippen LogP contribution in [0, 0.1) is 0 Å². The predicted octanol–water partition coefficient (Wildman–Crippen LogP) is 2.38. The fraction of sp³-hybridized carbons (Fsp3) is 0.267. The zero-order valence-corrected chi connectivity index (χ0v) is 11.7. The first-order chi connectivity index (χ1) is 9.71. The molecule has 0 saturated heterocycles. The van der Waals surface area contributed by atoms with Gasteiger partial charge in [0.05, 0.1) is 20.3 Å². The van der Waals surface area contributed by atoms with Crippen LogP contribution in [0.3, 0.4) is 0 Å². The van der Waals surface area contributed by atoms with Gasteiger partial charge >= 0.3 is 5.97 Å². The van der Waals surface area contributed by atoms with E-state index in [2.05, 4.69) is 10.1 Å². The molecule has 1 aromatic carbocycles. The number of ether oxygens (including phenoxy) is 2. The van der Waals surface area contributed by atoms with Crippen molar-refractivity contribution >= 4 is 5.97 Å². The molecule has 1 unspecified atom stereocenters. The molecule has 0 aliphatic rings. The van der Waals surface area contributed by atoms with Crippen LogP contribution in [0.25, 0.3) is 0 Å². The number of carbonyl (C=O) groups is 1. The predicted molar refractivity (Wildman–Crippen MR) is 73.9 cm³/mol. The van der Waals surface area contributed by atoms with E-state index in [-0.39, 0.29) is 11.8 Å². The fourth-order valence-electron chi connectivity index (χ4n) is 2.07. The molecule has 0 fully saturated rings. The fourth-order valence-corrected chi connectivity index (χ4v) is 2.07. The van der Waals surface area contributed by atoms with Gasteiger partial charge in [0.25, 0.3) is 0 Å². The van der Waals surface area contributed by atoms with E-state index >= 15 is 0 Å². The summed E-state index contributed by atoms with van der Waals surface area (Å²) in [6, 6.07) is 10.8. The Morgan fingerprint density at radius 2 is 1.95 bits per heavy atom. The molecular formula is C15H17NO4. The summed E-state index contributed by atoms with van der Waals surface area (Å²) in [6.07, 6.45) is 0. The lowest BCUT2D eigenvalue weighted by Crippen LogP contribution is -2.17. The van der Waals surface area contributed by atoms with Crippen LogP contribution < -0.4 is 10.1 Å². The van der Waals surface area contributed by atoms with Gasteiger partial charge in [-0.1, -0.05) is 18.2 Å². The van der Waals surface area contributed by atoms with Crippen LogP contribution in [-0.2, 0) is 4.74 Å². The molecule has 1 N–H and O–H groups in total. The highest BCUT2D eigenvalue weighted by atomic mass is 16.5. The van der Waals surface area contributed by atoms with Crippen molar-refractivity contribution in [1.82, 2.24) is 5.32 Å². The third-order valence-electron chi connectivity index (χ3n) is 3.04. The van der Waals surface area contributed by atoms with Crippen molar-refractivity contribution < 1.29 is 18.7 Å². The summed E-state index contributed by atoms with van der Waals surface area (Å²) in [4.78, 5) is 11.4. The van der Waals surface area contributed by atoms with Crippen LogP contribution in [-0.4, -0.2) is 27.2 Å². The van der Waals surface area contributed by atoms with Gasteiger partial charge < -0.3 is 19.2 Å². The Kier molecular flexibility index (Phi) is 4.42. The van der Waals surface area contributed by atoms with E-state index < -0.39 is 5.97 Å². The maximum Gasteiger partial charge on any atom is 0.373 e. The first-order valence-corrected chi connectivity index (χ1v) is 6.19. The van der Waals surface area contributed by atoms with Crippen molar-refractivity contribution in [1.29, 1.82) is 0 Å². The van der Waals surface area contributed by atoms with Crippen molar-refractivity contribution in [2.45, 2.75) is 6.04 Å². The standard InChI is InChI=1S/C15H17NO4/c1-16-14(10-6-4-5-7-11(10)18-2)12-8-9-13(20-12)15(17)19-3/h4-9,14,16H,1-3H3. The molecule has 1 aromatic heterocycles. The summed E-state index contributed by atoms with van der Waals surface area (Å²) in [7, 11) is 4.76. The quantitative estimate of drug-likeness (QED) is 0.849. The van der Waals surface area contributed by atoms with Crippen molar-refractivity contribution in [2.24, 2.45) is 0 Å². The average molecular weight is 275 g/mol. The Labute approximate surface area is 117 Å². The number of furan rings is 1. The van der Waals surface area contributed by atoms with Gasteiger partial charge in [-0.15, -0.1) is 0 Å². The molecule has 2 rings (SSSR count). The topological polar surface area (TPSA) is 60.7 Å². The molecule has 0 bridgehead atoms. The molecule has 0 radical (unpaired) electrons. The highest BCUT2D eigenvalue weighted by molar-refractivity contribution is 5.86. The highest BCUT2D eigenvalue weighted by Gasteiger charge is 2.21. The van der Waals surface area contributed by atoms with Crippen LogP contribution in [0.2, 0.25) is 0 Å². The van der Waals surface area contributed by atoms with Crippen LogP contribution >= 0.6 is 0 Å². The monoisotopic (exact) mass is 275 g/mol. The molecule has 0 spiro atoms. The van der Waals surface area contributed by atoms with Crippen LogP contribution in [0.1, 0.15) is 27.9 Å². The normalized spacial score (nSPS) is 11.9. The van der Waals surface area contributed by atoms with Gasteiger partial charge in [0, 0.05) is 5.56 Å². The molecule has 0 aliphatic carbocycles. The van der Waals surface area contributed by atoms with Crippen LogP contribution in [0.4, 0.5) is 0 Å². The lowest BCUT2D eigenvalue weighted by Gasteiger charge is -2.17. The second-order valence-electron chi connectivity index (χ2n) is 4.16. The van der Waals surface area contributed by atoms with Gasteiger partial charge in [-0.05, 0) is 25.2 Å². The molecule has 5 heteroatoms. The lowest BCUT2D eigenvalue weighted by atomic mass is 10.0. The Balaban J connectivity index is 2.37. The first-order valence-electron chi connectivity index (χ1n) is 6.19. The zero-order valence-electron chi connectivity index (χ0n) is 11.7. The number of para-hydroxylation sites is 1. The van der Waals surface area contributed by atoms with Crippen molar-refractivity contribution in [3.8, 4) is 5.75 Å². The highest BCUT2D eigenvalue weighted by Crippen LogP contribution is 2.30. The molecule has 2 aromatic rings. The van der Waals surface area contributed by atoms with E-state index in [0.717, 1.165) is 11.3 Å². The summed E-state index contributed by atoms with van der Waals surface area (Å²) in [5, 5.41) is 3.15. The largest absolute Gasteiger partial charge is 0.496 e. The Morgan fingerprint density at radius 3 is 2.60 bits per heavy atom. The van der Waals surface area contributed by atoms with E-state index in [1.54, 1.807) is 19.2 Å². The molecule has 1 heterocycles. The molecule has 0 saturated carbocycles. The van der Waals surface area contributed by atoms with E-state index in [4.69, 9.17) is 9.15 Å². The number of nitrogens with one attached hydrogen (secondary N) is 1. The summed E-state index contributed by atoms with van der Waals surface area (Å²) in [5.41, 5.74) is 0.934. The molecule has 106 valence electrons. The summed E-state index contributed by atoms with van der Waals surface area (Å²) >= 11 is 0. The van der Waals surface area contributed by atoms with Gasteiger partial charge in [-0.25, -0.2) is 4.79 Å². The maximum absolute atomic E-state index is 11.4. The van der Waals surface area contributed by atoms with Crippen LogP contribution in [0.15, 0.2) is 40.8 Å². The summed E-state index contributed by atoms with van der Waals surface area (Å²) in [5.74, 6) is 1.06. The summed E-state index contributed by atoms with van der Waals surface area (Å²) < 4.78 is 15.5.